The Hall–Kier alpha value is -1.10. The van der Waals surface area contributed by atoms with Crippen LogP contribution in [0.25, 0.3) is 10.9 Å². The fourth-order valence-electron chi connectivity index (χ4n) is 1.38. The van der Waals surface area contributed by atoms with E-state index in [4.69, 9.17) is 28.3 Å². The smallest absolute Gasteiger partial charge is 0.224 e. The van der Waals surface area contributed by atoms with Gasteiger partial charge in [-0.1, -0.05) is 11.6 Å². The molecule has 0 saturated heterocycles. The van der Waals surface area contributed by atoms with E-state index in [1.807, 2.05) is 0 Å². The molecule has 0 saturated carbocycles. The van der Waals surface area contributed by atoms with Gasteiger partial charge in [0.15, 0.2) is 0 Å². The topological polar surface area (TPSA) is 58.0 Å². The molecule has 2 N–H and O–H groups in total. The Morgan fingerprint density at radius 1 is 1.25 bits per heavy atom. The molecule has 1 aromatic carbocycles. The highest BCUT2D eigenvalue weighted by atomic mass is 35.5. The lowest BCUT2D eigenvalue weighted by molar-refractivity contribution is 0.311. The lowest BCUT2D eigenvalue weighted by Crippen LogP contribution is -2.08. The van der Waals surface area contributed by atoms with Gasteiger partial charge in [0.25, 0.3) is 0 Å². The molecule has 0 fully saturated rings. The summed E-state index contributed by atoms with van der Waals surface area (Å²) in [6.45, 7) is 0.415. The SMILES string of the molecule is OCCNc1nc(Cl)nc2ccc(Cl)cc12. The first-order valence-electron chi connectivity index (χ1n) is 4.68. The van der Waals surface area contributed by atoms with Crippen LogP contribution in [0, 0.1) is 0 Å². The molecule has 0 aliphatic carbocycles. The predicted molar refractivity (Wildman–Crippen MR) is 65.1 cm³/mol. The fourth-order valence-corrected chi connectivity index (χ4v) is 1.73. The average molecular weight is 258 g/mol. The highest BCUT2D eigenvalue weighted by Gasteiger charge is 2.06. The number of aliphatic hydroxyl groups is 1. The van der Waals surface area contributed by atoms with E-state index in [1.165, 1.54) is 0 Å². The van der Waals surface area contributed by atoms with Crippen molar-refractivity contribution in [3.63, 3.8) is 0 Å². The van der Waals surface area contributed by atoms with Crippen LogP contribution >= 0.6 is 23.2 Å². The van der Waals surface area contributed by atoms with Gasteiger partial charge in [0.1, 0.15) is 5.82 Å². The Morgan fingerprint density at radius 3 is 2.81 bits per heavy atom. The monoisotopic (exact) mass is 257 g/mol. The zero-order chi connectivity index (χ0) is 11.5. The summed E-state index contributed by atoms with van der Waals surface area (Å²) in [6.07, 6.45) is 0. The molecule has 1 aromatic heterocycles. The van der Waals surface area contributed by atoms with Crippen molar-refractivity contribution in [2.24, 2.45) is 0 Å². The van der Waals surface area contributed by atoms with Crippen LogP contribution in [0.4, 0.5) is 5.82 Å². The summed E-state index contributed by atoms with van der Waals surface area (Å²) in [7, 11) is 0. The summed E-state index contributed by atoms with van der Waals surface area (Å²) in [4.78, 5) is 8.13. The van der Waals surface area contributed by atoms with Gasteiger partial charge in [-0.15, -0.1) is 0 Å². The van der Waals surface area contributed by atoms with Crippen molar-refractivity contribution >= 4 is 39.9 Å². The molecule has 16 heavy (non-hydrogen) atoms. The van der Waals surface area contributed by atoms with Crippen LogP contribution in [0.2, 0.25) is 10.3 Å². The third-order valence-electron chi connectivity index (χ3n) is 2.03. The Kier molecular flexibility index (Phi) is 3.43. The third-order valence-corrected chi connectivity index (χ3v) is 2.44. The van der Waals surface area contributed by atoms with Crippen LogP contribution in [0.5, 0.6) is 0 Å². The minimum absolute atomic E-state index is 0.0175. The van der Waals surface area contributed by atoms with Crippen LogP contribution in [-0.2, 0) is 0 Å². The summed E-state index contributed by atoms with van der Waals surface area (Å²) in [6, 6.07) is 5.27. The van der Waals surface area contributed by atoms with Gasteiger partial charge in [-0.2, -0.15) is 0 Å². The summed E-state index contributed by atoms with van der Waals surface area (Å²) >= 11 is 11.7. The largest absolute Gasteiger partial charge is 0.395 e. The van der Waals surface area contributed by atoms with E-state index >= 15 is 0 Å². The lowest BCUT2D eigenvalue weighted by Gasteiger charge is -2.07. The lowest BCUT2D eigenvalue weighted by atomic mass is 10.2. The van der Waals surface area contributed by atoms with E-state index in [0.29, 0.717) is 22.9 Å². The number of nitrogens with one attached hydrogen (secondary N) is 1. The molecule has 0 amide bonds. The average Bonchev–Trinajstić information content (AvgIpc) is 2.26. The number of benzene rings is 1. The predicted octanol–water partition coefficient (Wildman–Crippen LogP) is 2.34. The molecule has 0 atom stereocenters. The van der Waals surface area contributed by atoms with Crippen molar-refractivity contribution in [3.8, 4) is 0 Å². The fraction of sp³-hybridized carbons (Fsp3) is 0.200. The molecule has 1 heterocycles. The zero-order valence-corrected chi connectivity index (χ0v) is 9.76. The third kappa shape index (κ3) is 2.35. The van der Waals surface area contributed by atoms with E-state index in [-0.39, 0.29) is 11.9 Å². The van der Waals surface area contributed by atoms with Gasteiger partial charge in [-0.05, 0) is 29.8 Å². The number of nitrogens with zero attached hydrogens (tertiary/aromatic N) is 2. The number of hydrogen-bond donors (Lipinski definition) is 2. The van der Waals surface area contributed by atoms with Crippen molar-refractivity contribution < 1.29 is 5.11 Å². The Labute approximate surface area is 102 Å². The number of hydrogen-bond acceptors (Lipinski definition) is 4. The molecule has 0 aliphatic heterocycles. The van der Waals surface area contributed by atoms with Crippen molar-refractivity contribution in [2.75, 3.05) is 18.5 Å². The van der Waals surface area contributed by atoms with Crippen molar-refractivity contribution in [3.05, 3.63) is 28.5 Å². The second-order valence-electron chi connectivity index (χ2n) is 3.15. The van der Waals surface area contributed by atoms with Crippen molar-refractivity contribution in [2.45, 2.75) is 0 Å². The molecule has 6 heteroatoms. The van der Waals surface area contributed by atoms with E-state index < -0.39 is 0 Å². The van der Waals surface area contributed by atoms with E-state index in [1.54, 1.807) is 18.2 Å². The molecule has 0 aliphatic rings. The maximum Gasteiger partial charge on any atom is 0.224 e. The molecule has 0 spiro atoms. The van der Waals surface area contributed by atoms with Gasteiger partial charge < -0.3 is 10.4 Å². The normalized spacial score (nSPS) is 10.7. The molecule has 84 valence electrons. The number of fused-ring (bicyclic) bond motifs is 1. The van der Waals surface area contributed by atoms with Gasteiger partial charge in [0.2, 0.25) is 5.28 Å². The van der Waals surface area contributed by atoms with Crippen molar-refractivity contribution in [1.29, 1.82) is 0 Å². The quantitative estimate of drug-likeness (QED) is 0.829. The Bertz CT molecular complexity index is 519. The minimum atomic E-state index is 0.0175. The van der Waals surface area contributed by atoms with E-state index in [2.05, 4.69) is 15.3 Å². The summed E-state index contributed by atoms with van der Waals surface area (Å²) in [5.74, 6) is 0.576. The second kappa shape index (κ2) is 4.82. The van der Waals surface area contributed by atoms with Gasteiger partial charge in [-0.3, -0.25) is 0 Å². The van der Waals surface area contributed by atoms with Gasteiger partial charge >= 0.3 is 0 Å². The molecule has 0 radical (unpaired) electrons. The summed E-state index contributed by atoms with van der Waals surface area (Å²) in [5, 5.41) is 13.3. The second-order valence-corrected chi connectivity index (χ2v) is 3.93. The Morgan fingerprint density at radius 2 is 2.06 bits per heavy atom. The number of halogens is 2. The molecule has 4 nitrogen and oxygen atoms in total. The zero-order valence-electron chi connectivity index (χ0n) is 8.24. The highest BCUT2D eigenvalue weighted by molar-refractivity contribution is 6.31. The summed E-state index contributed by atoms with van der Waals surface area (Å²) < 4.78 is 0. The van der Waals surface area contributed by atoms with E-state index in [0.717, 1.165) is 5.39 Å². The maximum absolute atomic E-state index is 8.76. The number of aliphatic hydroxyl groups excluding tert-OH is 1. The molecule has 0 bridgehead atoms. The molecular weight excluding hydrogens is 249 g/mol. The Balaban J connectivity index is 2.55. The molecule has 0 unspecified atom stereocenters. The number of anilines is 1. The van der Waals surface area contributed by atoms with Crippen LogP contribution in [0.3, 0.4) is 0 Å². The summed E-state index contributed by atoms with van der Waals surface area (Å²) in [5.41, 5.74) is 0.713. The molecule has 2 rings (SSSR count). The van der Waals surface area contributed by atoms with Crippen LogP contribution in [0.15, 0.2) is 18.2 Å². The first-order chi connectivity index (χ1) is 7.70. The van der Waals surface area contributed by atoms with Gasteiger partial charge in [-0.25, -0.2) is 9.97 Å². The van der Waals surface area contributed by atoms with Crippen LogP contribution in [-0.4, -0.2) is 28.2 Å². The maximum atomic E-state index is 8.76. The first-order valence-corrected chi connectivity index (χ1v) is 5.44. The molecular formula is C10H9Cl2N3O. The van der Waals surface area contributed by atoms with Crippen LogP contribution < -0.4 is 5.32 Å². The number of rotatable bonds is 3. The van der Waals surface area contributed by atoms with Gasteiger partial charge in [0.05, 0.1) is 12.1 Å². The van der Waals surface area contributed by atoms with Gasteiger partial charge in [0, 0.05) is 17.0 Å². The van der Waals surface area contributed by atoms with Crippen molar-refractivity contribution in [1.82, 2.24) is 9.97 Å². The van der Waals surface area contributed by atoms with E-state index in [9.17, 15) is 0 Å². The number of aromatic nitrogens is 2. The minimum Gasteiger partial charge on any atom is -0.395 e. The molecule has 2 aromatic rings. The highest BCUT2D eigenvalue weighted by Crippen LogP contribution is 2.24. The van der Waals surface area contributed by atoms with Crippen LogP contribution in [0.1, 0.15) is 0 Å². The first kappa shape index (κ1) is 11.4. The standard InChI is InChI=1S/C10H9Cl2N3O/c11-6-1-2-8-7(5-6)9(13-3-4-16)15-10(12)14-8/h1-2,5,16H,3-4H2,(H,13,14,15).